The normalized spacial score (nSPS) is 12.2. The third-order valence-corrected chi connectivity index (χ3v) is 2.55. The number of nitrogens with zero attached hydrogens (tertiary/aromatic N) is 1. The largest absolute Gasteiger partial charge is 0.478 e. The van der Waals surface area contributed by atoms with E-state index >= 15 is 0 Å². The van der Waals surface area contributed by atoms with Crippen LogP contribution in [0.25, 0.3) is 0 Å². The summed E-state index contributed by atoms with van der Waals surface area (Å²) in [6.07, 6.45) is 2.80. The van der Waals surface area contributed by atoms with Gasteiger partial charge < -0.3 is 16.2 Å². The van der Waals surface area contributed by atoms with Gasteiger partial charge in [-0.1, -0.05) is 13.8 Å². The maximum absolute atomic E-state index is 11.6. The van der Waals surface area contributed by atoms with Crippen molar-refractivity contribution in [2.24, 2.45) is 11.7 Å². The average Bonchev–Trinajstić information content (AvgIpc) is 2.28. The number of carbonyl (C=O) groups excluding carboxylic acids is 1. The molecule has 1 amide bonds. The van der Waals surface area contributed by atoms with Crippen molar-refractivity contribution in [1.29, 1.82) is 0 Å². The van der Waals surface area contributed by atoms with Gasteiger partial charge in [-0.05, 0) is 12.0 Å². The molecular formula is C12H17N3O3. The van der Waals surface area contributed by atoms with E-state index in [1.54, 1.807) is 0 Å². The summed E-state index contributed by atoms with van der Waals surface area (Å²) in [5, 5.41) is 11.4. The van der Waals surface area contributed by atoms with E-state index in [4.69, 9.17) is 10.8 Å². The van der Waals surface area contributed by atoms with E-state index < -0.39 is 5.97 Å². The number of nitrogens with one attached hydrogen (secondary N) is 1. The van der Waals surface area contributed by atoms with E-state index in [1.807, 2.05) is 13.8 Å². The summed E-state index contributed by atoms with van der Waals surface area (Å²) in [5.74, 6) is -1.13. The second kappa shape index (κ2) is 6.11. The minimum Gasteiger partial charge on any atom is -0.478 e. The molecule has 1 atom stereocenters. The number of hydrogen-bond donors (Lipinski definition) is 3. The van der Waals surface area contributed by atoms with Gasteiger partial charge in [-0.3, -0.25) is 9.78 Å². The second-order valence-corrected chi connectivity index (χ2v) is 4.43. The number of aromatic nitrogens is 1. The summed E-state index contributed by atoms with van der Waals surface area (Å²) in [6, 6.07) is 1.13. The Kier molecular flexibility index (Phi) is 4.79. The predicted octanol–water partition coefficient (Wildman–Crippen LogP) is 1.09. The molecule has 0 fully saturated rings. The minimum atomic E-state index is -1.09. The zero-order valence-electron chi connectivity index (χ0n) is 10.4. The highest BCUT2D eigenvalue weighted by molar-refractivity contribution is 5.93. The number of rotatable bonds is 5. The van der Waals surface area contributed by atoms with Crippen LogP contribution in [-0.2, 0) is 4.79 Å². The Morgan fingerprint density at radius 3 is 2.67 bits per heavy atom. The molecule has 1 aromatic rings. The van der Waals surface area contributed by atoms with E-state index in [0.717, 1.165) is 0 Å². The molecule has 0 saturated heterocycles. The number of pyridine rings is 1. The van der Waals surface area contributed by atoms with Gasteiger partial charge in [0.05, 0.1) is 17.4 Å². The van der Waals surface area contributed by atoms with Gasteiger partial charge >= 0.3 is 5.97 Å². The van der Waals surface area contributed by atoms with Crippen LogP contribution in [0.4, 0.5) is 5.69 Å². The van der Waals surface area contributed by atoms with Crippen LogP contribution in [-0.4, -0.2) is 28.0 Å². The summed E-state index contributed by atoms with van der Waals surface area (Å²) < 4.78 is 0. The Hall–Kier alpha value is -1.95. The quantitative estimate of drug-likeness (QED) is 0.726. The summed E-state index contributed by atoms with van der Waals surface area (Å²) in [6.45, 7) is 3.87. The highest BCUT2D eigenvalue weighted by Gasteiger charge is 2.13. The molecule has 4 N–H and O–H groups in total. The number of carboxylic acid groups (broad SMARTS) is 1. The standard InChI is InChI=1S/C12H17N3O3/c1-7(2)10(13)4-11(16)15-9-3-8(12(17)18)5-14-6-9/h3,5-7,10H,4,13H2,1-2H3,(H,15,16)(H,17,18). The van der Waals surface area contributed by atoms with Crippen molar-refractivity contribution >= 4 is 17.6 Å². The first-order valence-corrected chi connectivity index (χ1v) is 5.64. The van der Waals surface area contributed by atoms with Crippen molar-refractivity contribution in [3.05, 3.63) is 24.0 Å². The van der Waals surface area contributed by atoms with Crippen LogP contribution >= 0.6 is 0 Å². The molecule has 1 rings (SSSR count). The predicted molar refractivity (Wildman–Crippen MR) is 67.3 cm³/mol. The average molecular weight is 251 g/mol. The summed E-state index contributed by atoms with van der Waals surface area (Å²) in [5.41, 5.74) is 6.16. The molecule has 6 nitrogen and oxygen atoms in total. The van der Waals surface area contributed by atoms with E-state index in [-0.39, 0.29) is 29.9 Å². The van der Waals surface area contributed by atoms with E-state index in [1.165, 1.54) is 18.5 Å². The van der Waals surface area contributed by atoms with Gasteiger partial charge in [-0.2, -0.15) is 0 Å². The SMILES string of the molecule is CC(C)C(N)CC(=O)Nc1cncc(C(=O)O)c1. The maximum Gasteiger partial charge on any atom is 0.337 e. The zero-order valence-corrected chi connectivity index (χ0v) is 10.4. The van der Waals surface area contributed by atoms with E-state index in [2.05, 4.69) is 10.3 Å². The first kappa shape index (κ1) is 14.1. The fourth-order valence-electron chi connectivity index (χ4n) is 1.29. The molecular weight excluding hydrogens is 234 g/mol. The molecule has 98 valence electrons. The molecule has 0 saturated carbocycles. The summed E-state index contributed by atoms with van der Waals surface area (Å²) in [4.78, 5) is 26.1. The lowest BCUT2D eigenvalue weighted by molar-refractivity contribution is -0.116. The topological polar surface area (TPSA) is 105 Å². The van der Waals surface area contributed by atoms with Crippen molar-refractivity contribution in [2.45, 2.75) is 26.3 Å². The first-order valence-electron chi connectivity index (χ1n) is 5.64. The Bertz CT molecular complexity index is 446. The third kappa shape index (κ3) is 4.14. The van der Waals surface area contributed by atoms with Crippen molar-refractivity contribution in [1.82, 2.24) is 4.98 Å². The lowest BCUT2D eigenvalue weighted by atomic mass is 10.0. The van der Waals surface area contributed by atoms with Crippen LogP contribution in [0.3, 0.4) is 0 Å². The number of amides is 1. The van der Waals surface area contributed by atoms with Gasteiger partial charge in [0.15, 0.2) is 0 Å². The van der Waals surface area contributed by atoms with Crippen LogP contribution < -0.4 is 11.1 Å². The van der Waals surface area contributed by atoms with Crippen molar-refractivity contribution < 1.29 is 14.7 Å². The van der Waals surface area contributed by atoms with Crippen LogP contribution in [0.2, 0.25) is 0 Å². The molecule has 1 aromatic heterocycles. The van der Waals surface area contributed by atoms with Crippen molar-refractivity contribution in [3.8, 4) is 0 Å². The van der Waals surface area contributed by atoms with Gasteiger partial charge in [0.1, 0.15) is 0 Å². The molecule has 0 aliphatic carbocycles. The van der Waals surface area contributed by atoms with Crippen LogP contribution in [0, 0.1) is 5.92 Å². The fourth-order valence-corrected chi connectivity index (χ4v) is 1.29. The maximum atomic E-state index is 11.6. The Morgan fingerprint density at radius 2 is 2.11 bits per heavy atom. The molecule has 0 radical (unpaired) electrons. The number of carbonyl (C=O) groups is 2. The molecule has 18 heavy (non-hydrogen) atoms. The van der Waals surface area contributed by atoms with Crippen LogP contribution in [0.15, 0.2) is 18.5 Å². The first-order chi connectivity index (χ1) is 8.40. The molecule has 0 spiro atoms. The summed E-state index contributed by atoms with van der Waals surface area (Å²) >= 11 is 0. The molecule has 1 heterocycles. The lowest BCUT2D eigenvalue weighted by Crippen LogP contribution is -2.31. The van der Waals surface area contributed by atoms with E-state index in [9.17, 15) is 9.59 Å². The highest BCUT2D eigenvalue weighted by Crippen LogP contribution is 2.10. The Labute approximate surface area is 105 Å². The number of aromatic carboxylic acids is 1. The molecule has 1 unspecified atom stereocenters. The minimum absolute atomic E-state index is 0.0287. The van der Waals surface area contributed by atoms with Crippen molar-refractivity contribution in [3.63, 3.8) is 0 Å². The Balaban J connectivity index is 2.65. The zero-order chi connectivity index (χ0) is 13.7. The molecule has 0 aromatic carbocycles. The van der Waals surface area contributed by atoms with Gasteiger partial charge in [-0.15, -0.1) is 0 Å². The monoisotopic (exact) mass is 251 g/mol. The number of nitrogens with two attached hydrogens (primary N) is 1. The number of anilines is 1. The van der Waals surface area contributed by atoms with Gasteiger partial charge in [-0.25, -0.2) is 4.79 Å². The van der Waals surface area contributed by atoms with Crippen LogP contribution in [0.5, 0.6) is 0 Å². The van der Waals surface area contributed by atoms with Gasteiger partial charge in [0.2, 0.25) is 5.91 Å². The van der Waals surface area contributed by atoms with Gasteiger partial charge in [0.25, 0.3) is 0 Å². The van der Waals surface area contributed by atoms with Gasteiger partial charge in [0, 0.05) is 18.7 Å². The second-order valence-electron chi connectivity index (χ2n) is 4.43. The smallest absolute Gasteiger partial charge is 0.337 e. The fraction of sp³-hybridized carbons (Fsp3) is 0.417. The lowest BCUT2D eigenvalue weighted by Gasteiger charge is -2.14. The molecule has 0 bridgehead atoms. The molecule has 0 aliphatic rings. The molecule has 0 aliphatic heterocycles. The van der Waals surface area contributed by atoms with Crippen LogP contribution in [0.1, 0.15) is 30.6 Å². The highest BCUT2D eigenvalue weighted by atomic mass is 16.4. The third-order valence-electron chi connectivity index (χ3n) is 2.55. The van der Waals surface area contributed by atoms with Crippen molar-refractivity contribution in [2.75, 3.05) is 5.32 Å². The number of hydrogen-bond acceptors (Lipinski definition) is 4. The Morgan fingerprint density at radius 1 is 1.44 bits per heavy atom. The molecule has 6 heteroatoms. The number of carboxylic acids is 1. The van der Waals surface area contributed by atoms with E-state index in [0.29, 0.717) is 5.69 Å². The summed E-state index contributed by atoms with van der Waals surface area (Å²) in [7, 11) is 0.